The number of nitrogens with two attached hydrogens (primary N) is 1. The summed E-state index contributed by atoms with van der Waals surface area (Å²) in [5.41, 5.74) is 4.47. The average Bonchev–Trinajstić information content (AvgIpc) is 3.27. The quantitative estimate of drug-likeness (QED) is 0.0881. The van der Waals surface area contributed by atoms with Gasteiger partial charge in [0.25, 0.3) is 5.92 Å². The van der Waals surface area contributed by atoms with Gasteiger partial charge < -0.3 is 15.6 Å². The summed E-state index contributed by atoms with van der Waals surface area (Å²) >= 11 is 0. The SMILES string of the molecule is CCCCCCCCC(=O)O.CCCCCCOP(=O)(OCCCCCC)OCC1CC(F)(F)C(n2ccc(N)nc2=O)O1. The molecule has 3 N–H and O–H groups in total. The predicted octanol–water partition coefficient (Wildman–Crippen LogP) is 7.89. The lowest BCUT2D eigenvalue weighted by molar-refractivity contribution is -0.137. The monoisotopic (exact) mass is 653 g/mol. The Labute approximate surface area is 260 Å². The minimum Gasteiger partial charge on any atom is -0.481 e. The average molecular weight is 654 g/mol. The molecule has 0 aliphatic carbocycles. The van der Waals surface area contributed by atoms with Gasteiger partial charge in [-0.1, -0.05) is 91.4 Å². The molecule has 0 spiro atoms. The largest absolute Gasteiger partial charge is 0.481 e. The van der Waals surface area contributed by atoms with Gasteiger partial charge in [0.2, 0.25) is 6.23 Å². The van der Waals surface area contributed by atoms with E-state index < -0.39 is 50.8 Å². The maximum Gasteiger partial charge on any atom is 0.474 e. The number of aromatic nitrogens is 2. The first-order chi connectivity index (χ1) is 21.0. The van der Waals surface area contributed by atoms with Gasteiger partial charge in [-0.15, -0.1) is 0 Å². The van der Waals surface area contributed by atoms with Crippen LogP contribution in [-0.4, -0.2) is 52.5 Å². The Morgan fingerprint density at radius 1 is 0.977 bits per heavy atom. The molecule has 14 heteroatoms. The number of carboxylic acid groups (broad SMARTS) is 1. The summed E-state index contributed by atoms with van der Waals surface area (Å²) in [5, 5.41) is 8.32. The number of halogens is 2. The van der Waals surface area contributed by atoms with Gasteiger partial charge in [-0.2, -0.15) is 4.98 Å². The second-order valence-corrected chi connectivity index (χ2v) is 12.7. The van der Waals surface area contributed by atoms with E-state index in [-0.39, 0.29) is 19.0 Å². The normalized spacial score (nSPS) is 17.8. The molecule has 1 aromatic rings. The Bertz CT molecular complexity index is 1010. The fourth-order valence-electron chi connectivity index (χ4n) is 4.46. The van der Waals surface area contributed by atoms with Crippen LogP contribution < -0.4 is 11.4 Å². The number of nitrogen functional groups attached to an aromatic ring is 1. The van der Waals surface area contributed by atoms with Crippen molar-refractivity contribution in [1.29, 1.82) is 0 Å². The highest BCUT2D eigenvalue weighted by molar-refractivity contribution is 7.48. The van der Waals surface area contributed by atoms with Crippen LogP contribution in [-0.2, 0) is 27.7 Å². The molecule has 0 aromatic carbocycles. The van der Waals surface area contributed by atoms with E-state index in [0.29, 0.717) is 23.8 Å². The van der Waals surface area contributed by atoms with Gasteiger partial charge in [0.1, 0.15) is 5.82 Å². The number of aliphatic carboxylic acids is 1. The summed E-state index contributed by atoms with van der Waals surface area (Å²) in [6, 6.07) is 1.23. The number of phosphoric ester groups is 1. The molecule has 2 heterocycles. The molecule has 1 aliphatic heterocycles. The zero-order valence-electron chi connectivity index (χ0n) is 26.7. The number of hydrogen-bond donors (Lipinski definition) is 2. The lowest BCUT2D eigenvalue weighted by atomic mass is 10.1. The number of phosphoric acid groups is 1. The summed E-state index contributed by atoms with van der Waals surface area (Å²) in [7, 11) is -3.94. The van der Waals surface area contributed by atoms with Crippen LogP contribution in [0.1, 0.15) is 130 Å². The molecule has 0 radical (unpaired) electrons. The van der Waals surface area contributed by atoms with Crippen LogP contribution in [0.2, 0.25) is 0 Å². The topological polar surface area (TPSA) is 152 Å². The molecule has 1 aliphatic rings. The maximum absolute atomic E-state index is 14.6. The maximum atomic E-state index is 14.6. The lowest BCUT2D eigenvalue weighted by Crippen LogP contribution is -2.35. The van der Waals surface area contributed by atoms with Crippen molar-refractivity contribution in [2.24, 2.45) is 0 Å². The van der Waals surface area contributed by atoms with E-state index in [1.807, 2.05) is 0 Å². The van der Waals surface area contributed by atoms with Gasteiger partial charge in [-0.25, -0.2) is 18.1 Å². The van der Waals surface area contributed by atoms with Gasteiger partial charge in [0.05, 0.1) is 25.9 Å². The van der Waals surface area contributed by atoms with E-state index in [9.17, 15) is 22.9 Å². The summed E-state index contributed by atoms with van der Waals surface area (Å²) < 4.78 is 64.5. The van der Waals surface area contributed by atoms with E-state index in [4.69, 9.17) is 29.1 Å². The molecular weight excluding hydrogens is 599 g/mol. The van der Waals surface area contributed by atoms with E-state index in [2.05, 4.69) is 25.8 Å². The minimum atomic E-state index is -3.94. The van der Waals surface area contributed by atoms with Crippen molar-refractivity contribution in [2.45, 2.75) is 142 Å². The number of rotatable bonds is 23. The Balaban J connectivity index is 0.000000747. The van der Waals surface area contributed by atoms with Crippen LogP contribution in [0.4, 0.5) is 14.6 Å². The summed E-state index contributed by atoms with van der Waals surface area (Å²) in [6.45, 7) is 6.27. The number of nitrogens with zero attached hydrogens (tertiary/aromatic N) is 2. The first kappa shape index (κ1) is 40.1. The zero-order valence-corrected chi connectivity index (χ0v) is 27.6. The second-order valence-electron chi connectivity index (χ2n) is 11.1. The number of anilines is 1. The van der Waals surface area contributed by atoms with Crippen LogP contribution in [0.15, 0.2) is 17.1 Å². The van der Waals surface area contributed by atoms with Crippen LogP contribution in [0, 0.1) is 0 Å². The van der Waals surface area contributed by atoms with Crippen LogP contribution in [0.5, 0.6) is 0 Å². The summed E-state index contributed by atoms with van der Waals surface area (Å²) in [6.07, 6.45) is 12.0. The van der Waals surface area contributed by atoms with E-state index in [1.54, 1.807) is 0 Å². The van der Waals surface area contributed by atoms with Crippen molar-refractivity contribution >= 4 is 19.6 Å². The molecule has 0 bridgehead atoms. The number of carboxylic acids is 1. The second kappa shape index (κ2) is 22.6. The molecule has 0 saturated carbocycles. The van der Waals surface area contributed by atoms with Crippen molar-refractivity contribution < 1.29 is 41.6 Å². The molecule has 1 fully saturated rings. The van der Waals surface area contributed by atoms with Gasteiger partial charge in [0, 0.05) is 19.0 Å². The van der Waals surface area contributed by atoms with Gasteiger partial charge >= 0.3 is 19.5 Å². The standard InChI is InChI=1S/C21H36F2N3O6P.C9H18O2/c1-3-5-7-9-13-29-33(28,30-14-10-8-6-4-2)31-16-17-15-21(22,23)19(32-17)26-12-11-18(24)25-20(26)27;1-2-3-4-5-6-7-8-9(10)11/h11-12,17,19H,3-10,13-16H2,1-2H3,(H2,24,25,27);2-8H2,1H3,(H,10,11). The third kappa shape index (κ3) is 17.0. The number of hydrogen-bond acceptors (Lipinski definition) is 9. The smallest absolute Gasteiger partial charge is 0.474 e. The van der Waals surface area contributed by atoms with Crippen LogP contribution in [0.3, 0.4) is 0 Å². The van der Waals surface area contributed by atoms with Crippen LogP contribution >= 0.6 is 7.82 Å². The van der Waals surface area contributed by atoms with Gasteiger partial charge in [-0.05, 0) is 25.3 Å². The Hall–Kier alpha value is -1.92. The van der Waals surface area contributed by atoms with E-state index in [0.717, 1.165) is 57.6 Å². The highest BCUT2D eigenvalue weighted by atomic mass is 31.2. The number of unbranched alkanes of at least 4 members (excludes halogenated alkanes) is 11. The number of carbonyl (C=O) groups is 1. The minimum absolute atomic E-state index is 0.0782. The Morgan fingerprint density at radius 3 is 2.02 bits per heavy atom. The Kier molecular flexibility index (Phi) is 20.6. The fourth-order valence-corrected chi connectivity index (χ4v) is 5.74. The molecule has 256 valence electrons. The van der Waals surface area contributed by atoms with Gasteiger partial charge in [0.15, 0.2) is 0 Å². The summed E-state index contributed by atoms with van der Waals surface area (Å²) in [5.74, 6) is -4.10. The first-order valence-corrected chi connectivity index (χ1v) is 17.6. The third-order valence-corrected chi connectivity index (χ3v) is 8.41. The summed E-state index contributed by atoms with van der Waals surface area (Å²) in [4.78, 5) is 25.5. The Morgan fingerprint density at radius 2 is 1.50 bits per heavy atom. The van der Waals surface area contributed by atoms with Crippen molar-refractivity contribution in [3.8, 4) is 0 Å². The number of ether oxygens (including phenoxy) is 1. The van der Waals surface area contributed by atoms with Crippen molar-refractivity contribution in [3.63, 3.8) is 0 Å². The third-order valence-electron chi connectivity index (χ3n) is 6.94. The molecule has 2 rings (SSSR count). The molecule has 44 heavy (non-hydrogen) atoms. The molecule has 1 aromatic heterocycles. The van der Waals surface area contributed by atoms with Crippen LogP contribution in [0.25, 0.3) is 0 Å². The molecule has 2 unspecified atom stereocenters. The van der Waals surface area contributed by atoms with E-state index >= 15 is 0 Å². The van der Waals surface area contributed by atoms with Crippen molar-refractivity contribution in [2.75, 3.05) is 25.6 Å². The zero-order chi connectivity index (χ0) is 32.8. The molecule has 11 nitrogen and oxygen atoms in total. The van der Waals surface area contributed by atoms with Gasteiger partial charge in [-0.3, -0.25) is 22.9 Å². The highest BCUT2D eigenvalue weighted by Gasteiger charge is 2.52. The fraction of sp³-hybridized carbons (Fsp3) is 0.833. The number of alkyl halides is 2. The van der Waals surface area contributed by atoms with Crippen molar-refractivity contribution in [1.82, 2.24) is 9.55 Å². The lowest BCUT2D eigenvalue weighted by Gasteiger charge is -2.21. The predicted molar refractivity (Wildman–Crippen MR) is 166 cm³/mol. The molecular formula is C30H54F2N3O8P. The molecule has 0 amide bonds. The first-order valence-electron chi connectivity index (χ1n) is 16.1. The van der Waals surface area contributed by atoms with Crippen molar-refractivity contribution in [3.05, 3.63) is 22.7 Å². The highest BCUT2D eigenvalue weighted by Crippen LogP contribution is 2.51. The van der Waals surface area contributed by atoms with E-state index in [1.165, 1.54) is 31.7 Å². The molecule has 2 atom stereocenters. The molecule has 1 saturated heterocycles.